The summed E-state index contributed by atoms with van der Waals surface area (Å²) in [5.74, 6) is 0. The fraction of sp³-hybridized carbons (Fsp3) is 0.231. The minimum absolute atomic E-state index is 0.685. The zero-order valence-electron chi connectivity index (χ0n) is 17.3. The van der Waals surface area contributed by atoms with Gasteiger partial charge in [-0.15, -0.1) is 0 Å². The van der Waals surface area contributed by atoms with Gasteiger partial charge in [0.15, 0.2) is 0 Å². The molecular weight excluding hydrogens is 372 g/mol. The second-order valence-corrected chi connectivity index (χ2v) is 7.71. The van der Waals surface area contributed by atoms with Crippen LogP contribution >= 0.6 is 0 Å². The summed E-state index contributed by atoms with van der Waals surface area (Å²) < 4.78 is 10.6. The summed E-state index contributed by atoms with van der Waals surface area (Å²) in [6.07, 6.45) is 1.71. The van der Waals surface area contributed by atoms with Crippen molar-refractivity contribution < 1.29 is 9.47 Å². The van der Waals surface area contributed by atoms with E-state index >= 15 is 0 Å². The summed E-state index contributed by atoms with van der Waals surface area (Å²) in [6.45, 7) is 1.37. The van der Waals surface area contributed by atoms with Crippen LogP contribution in [-0.2, 0) is 22.3 Å². The first kappa shape index (κ1) is 18.9. The summed E-state index contributed by atoms with van der Waals surface area (Å²) >= 11 is 0. The quantitative estimate of drug-likeness (QED) is 0.357. The molecule has 4 heteroatoms. The molecule has 0 saturated heterocycles. The Kier molecular flexibility index (Phi) is 5.03. The first-order chi connectivity index (χ1) is 14.7. The van der Waals surface area contributed by atoms with Crippen LogP contribution in [0.25, 0.3) is 43.6 Å². The second kappa shape index (κ2) is 7.98. The third-order valence-electron chi connectivity index (χ3n) is 5.73. The number of fused-ring (bicyclic) bond motifs is 4. The third kappa shape index (κ3) is 3.49. The summed E-state index contributed by atoms with van der Waals surface area (Å²) in [5.41, 5.74) is 6.20. The van der Waals surface area contributed by atoms with Crippen molar-refractivity contribution in [3.05, 3.63) is 71.8 Å². The Hall–Kier alpha value is -3.08. The summed E-state index contributed by atoms with van der Waals surface area (Å²) in [6, 6.07) is 21.5. The summed E-state index contributed by atoms with van der Waals surface area (Å²) in [5, 5.41) is 4.85. The van der Waals surface area contributed by atoms with E-state index in [0.717, 1.165) is 34.9 Å². The van der Waals surface area contributed by atoms with E-state index in [9.17, 15) is 0 Å². The van der Waals surface area contributed by atoms with Crippen molar-refractivity contribution in [2.75, 3.05) is 27.4 Å². The number of hydrogen-bond donors (Lipinski definition) is 0. The Balaban J connectivity index is 1.70. The molecule has 0 spiro atoms. The molecule has 0 unspecified atom stereocenters. The molecule has 0 N–H and O–H groups in total. The minimum atomic E-state index is 0.685. The van der Waals surface area contributed by atoms with E-state index < -0.39 is 0 Å². The van der Waals surface area contributed by atoms with Crippen LogP contribution < -0.4 is 0 Å². The Morgan fingerprint density at radius 3 is 1.43 bits per heavy atom. The van der Waals surface area contributed by atoms with Crippen molar-refractivity contribution in [1.82, 2.24) is 9.97 Å². The van der Waals surface area contributed by atoms with E-state index in [-0.39, 0.29) is 0 Å². The molecule has 5 rings (SSSR count). The first-order valence-electron chi connectivity index (χ1n) is 10.3. The van der Waals surface area contributed by atoms with Crippen LogP contribution in [0, 0.1) is 0 Å². The first-order valence-corrected chi connectivity index (χ1v) is 10.3. The maximum absolute atomic E-state index is 5.30. The van der Waals surface area contributed by atoms with Crippen LogP contribution in [0.2, 0.25) is 0 Å². The van der Waals surface area contributed by atoms with Crippen molar-refractivity contribution in [3.63, 3.8) is 0 Å². The van der Waals surface area contributed by atoms with E-state index in [0.29, 0.717) is 13.2 Å². The Labute approximate surface area is 175 Å². The standard InChI is InChI=1S/C26H24N2O2/c1-29-9-7-19-13-23-24(14-20(19)8-10-30-2)28-26-16-22-12-18-6-4-3-5-17(18)11-21(22)15-25(26)27-23/h3-6,11-16H,7-10H2,1-2H3. The fourth-order valence-corrected chi connectivity index (χ4v) is 4.14. The van der Waals surface area contributed by atoms with Gasteiger partial charge >= 0.3 is 0 Å². The topological polar surface area (TPSA) is 44.2 Å². The van der Waals surface area contributed by atoms with Crippen LogP contribution in [-0.4, -0.2) is 37.4 Å². The largest absolute Gasteiger partial charge is 0.384 e. The number of benzene rings is 4. The number of aromatic nitrogens is 2. The van der Waals surface area contributed by atoms with Crippen molar-refractivity contribution >= 4 is 43.6 Å². The SMILES string of the molecule is COCCc1cc2nc3cc4cc5ccccc5cc4cc3nc2cc1CCOC. The molecule has 1 heterocycles. The number of methoxy groups -OCH3 is 2. The fourth-order valence-electron chi connectivity index (χ4n) is 4.14. The molecule has 0 radical (unpaired) electrons. The van der Waals surface area contributed by atoms with Gasteiger partial charge in [0.25, 0.3) is 0 Å². The van der Waals surface area contributed by atoms with Crippen molar-refractivity contribution in [3.8, 4) is 0 Å². The van der Waals surface area contributed by atoms with Crippen LogP contribution in [0.1, 0.15) is 11.1 Å². The molecule has 4 aromatic carbocycles. The van der Waals surface area contributed by atoms with Gasteiger partial charge in [-0.2, -0.15) is 0 Å². The number of nitrogens with zero attached hydrogens (tertiary/aromatic N) is 2. The van der Waals surface area contributed by atoms with Crippen molar-refractivity contribution in [1.29, 1.82) is 0 Å². The number of hydrogen-bond acceptors (Lipinski definition) is 4. The molecule has 4 nitrogen and oxygen atoms in total. The molecular formula is C26H24N2O2. The van der Waals surface area contributed by atoms with Gasteiger partial charge in [0.2, 0.25) is 0 Å². The molecule has 5 aromatic rings. The van der Waals surface area contributed by atoms with E-state index in [1.165, 1.54) is 32.7 Å². The van der Waals surface area contributed by atoms with E-state index in [4.69, 9.17) is 19.4 Å². The molecule has 0 aliphatic rings. The van der Waals surface area contributed by atoms with Crippen LogP contribution in [0.5, 0.6) is 0 Å². The lowest BCUT2D eigenvalue weighted by atomic mass is 10.00. The normalized spacial score (nSPS) is 11.8. The summed E-state index contributed by atoms with van der Waals surface area (Å²) in [4.78, 5) is 9.93. The Morgan fingerprint density at radius 2 is 1.00 bits per heavy atom. The Bertz CT molecular complexity index is 1270. The highest BCUT2D eigenvalue weighted by Crippen LogP contribution is 2.28. The second-order valence-electron chi connectivity index (χ2n) is 7.71. The van der Waals surface area contributed by atoms with E-state index in [1.807, 2.05) is 0 Å². The van der Waals surface area contributed by atoms with Gasteiger partial charge in [0.1, 0.15) is 0 Å². The van der Waals surface area contributed by atoms with Crippen LogP contribution in [0.3, 0.4) is 0 Å². The van der Waals surface area contributed by atoms with Gasteiger partial charge in [-0.3, -0.25) is 0 Å². The van der Waals surface area contributed by atoms with Crippen LogP contribution in [0.4, 0.5) is 0 Å². The zero-order chi connectivity index (χ0) is 20.5. The van der Waals surface area contributed by atoms with Crippen LogP contribution in [0.15, 0.2) is 60.7 Å². The van der Waals surface area contributed by atoms with Crippen molar-refractivity contribution in [2.24, 2.45) is 0 Å². The van der Waals surface area contributed by atoms with Gasteiger partial charge < -0.3 is 9.47 Å². The minimum Gasteiger partial charge on any atom is -0.384 e. The maximum Gasteiger partial charge on any atom is 0.0901 e. The molecule has 0 aliphatic carbocycles. The molecule has 1 aromatic heterocycles. The smallest absolute Gasteiger partial charge is 0.0901 e. The Morgan fingerprint density at radius 1 is 0.567 bits per heavy atom. The third-order valence-corrected chi connectivity index (χ3v) is 5.73. The maximum atomic E-state index is 5.30. The highest BCUT2D eigenvalue weighted by atomic mass is 16.5. The van der Waals surface area contributed by atoms with Crippen molar-refractivity contribution in [2.45, 2.75) is 12.8 Å². The molecule has 30 heavy (non-hydrogen) atoms. The lowest BCUT2D eigenvalue weighted by molar-refractivity contribution is 0.198. The predicted octanol–water partition coefficient (Wildman–Crippen LogP) is 5.47. The lowest BCUT2D eigenvalue weighted by Crippen LogP contribution is -2.04. The molecule has 0 amide bonds. The van der Waals surface area contributed by atoms with Gasteiger partial charge in [-0.1, -0.05) is 24.3 Å². The van der Waals surface area contributed by atoms with E-state index in [2.05, 4.69) is 60.7 Å². The molecule has 0 bridgehead atoms. The van der Waals surface area contributed by atoms with Gasteiger partial charge in [0.05, 0.1) is 35.3 Å². The molecule has 150 valence electrons. The summed E-state index contributed by atoms with van der Waals surface area (Å²) in [7, 11) is 3.47. The number of ether oxygens (including phenoxy) is 2. The predicted molar refractivity (Wildman–Crippen MR) is 123 cm³/mol. The van der Waals surface area contributed by atoms with Gasteiger partial charge in [-0.25, -0.2) is 9.97 Å². The molecule has 0 fully saturated rings. The highest BCUT2D eigenvalue weighted by molar-refractivity contribution is 6.04. The zero-order valence-corrected chi connectivity index (χ0v) is 17.3. The molecule has 0 atom stereocenters. The monoisotopic (exact) mass is 396 g/mol. The average Bonchev–Trinajstić information content (AvgIpc) is 2.77. The average molecular weight is 396 g/mol. The lowest BCUT2D eigenvalue weighted by Gasteiger charge is -2.12. The van der Waals surface area contributed by atoms with E-state index in [1.54, 1.807) is 14.2 Å². The molecule has 0 aliphatic heterocycles. The highest BCUT2D eigenvalue weighted by Gasteiger charge is 2.10. The van der Waals surface area contributed by atoms with Gasteiger partial charge in [-0.05, 0) is 81.9 Å². The molecule has 0 saturated carbocycles. The number of rotatable bonds is 6. The van der Waals surface area contributed by atoms with Gasteiger partial charge in [0, 0.05) is 14.2 Å².